The summed E-state index contributed by atoms with van der Waals surface area (Å²) in [5.41, 5.74) is 3.59. The van der Waals surface area contributed by atoms with Crippen LogP contribution >= 0.6 is 11.8 Å². The third kappa shape index (κ3) is 3.33. The Morgan fingerprint density at radius 2 is 2.24 bits per heavy atom. The van der Waals surface area contributed by atoms with E-state index in [1.807, 2.05) is 0 Å². The smallest absolute Gasteiger partial charge is 0.0726 e. The molecule has 1 unspecified atom stereocenters. The van der Waals surface area contributed by atoms with Gasteiger partial charge in [-0.25, -0.2) is 0 Å². The Morgan fingerprint density at radius 3 is 3.05 bits per heavy atom. The van der Waals surface area contributed by atoms with Crippen LogP contribution in [0, 0.1) is 0 Å². The summed E-state index contributed by atoms with van der Waals surface area (Å²) >= 11 is 2.07. The first-order chi connectivity index (χ1) is 10.3. The zero-order chi connectivity index (χ0) is 14.7. The topological polar surface area (TPSA) is 28.2 Å². The first-order valence-electron chi connectivity index (χ1n) is 7.74. The van der Waals surface area contributed by atoms with E-state index in [2.05, 4.69) is 66.2 Å². The average Bonchev–Trinajstić information content (AvgIpc) is 2.52. The lowest BCUT2D eigenvalue weighted by Crippen LogP contribution is -2.36. The van der Waals surface area contributed by atoms with Crippen LogP contribution in [0.4, 0.5) is 5.69 Å². The third-order valence-electron chi connectivity index (χ3n) is 3.89. The molecule has 1 aliphatic heterocycles. The van der Waals surface area contributed by atoms with Crippen LogP contribution in [0.2, 0.25) is 0 Å². The zero-order valence-corrected chi connectivity index (χ0v) is 13.6. The predicted octanol–water partition coefficient (Wildman–Crippen LogP) is 3.29. The molecule has 0 saturated carbocycles. The number of rotatable bonds is 4. The molecule has 112 valence electrons. The molecule has 1 N–H and O–H groups in total. The number of fused-ring (bicyclic) bond motifs is 1. The van der Waals surface area contributed by atoms with Crippen molar-refractivity contribution >= 4 is 28.4 Å². The number of aromatic nitrogens is 1. The number of nitrogens with one attached hydrogen (secondary N) is 1. The van der Waals surface area contributed by atoms with Crippen molar-refractivity contribution in [1.82, 2.24) is 10.3 Å². The van der Waals surface area contributed by atoms with Gasteiger partial charge in [0.15, 0.2) is 0 Å². The van der Waals surface area contributed by atoms with Gasteiger partial charge in [0.1, 0.15) is 0 Å². The lowest BCUT2D eigenvalue weighted by atomic mass is 10.1. The molecule has 1 aromatic carbocycles. The maximum Gasteiger partial charge on any atom is 0.0726 e. The Labute approximate surface area is 131 Å². The summed E-state index contributed by atoms with van der Waals surface area (Å²) in [6, 6.07) is 10.8. The Bertz CT molecular complexity index is 614. The van der Waals surface area contributed by atoms with Gasteiger partial charge in [0, 0.05) is 41.7 Å². The van der Waals surface area contributed by atoms with Gasteiger partial charge in [-0.05, 0) is 18.7 Å². The van der Waals surface area contributed by atoms with Gasteiger partial charge >= 0.3 is 0 Å². The lowest BCUT2D eigenvalue weighted by molar-refractivity contribution is 0.711. The average molecular weight is 301 g/mol. The van der Waals surface area contributed by atoms with Crippen molar-refractivity contribution in [2.45, 2.75) is 25.6 Å². The van der Waals surface area contributed by atoms with Gasteiger partial charge in [0.05, 0.1) is 11.2 Å². The fourth-order valence-corrected chi connectivity index (χ4v) is 3.87. The first-order valence-corrected chi connectivity index (χ1v) is 8.78. The van der Waals surface area contributed by atoms with Gasteiger partial charge in [-0.2, -0.15) is 11.8 Å². The minimum Gasteiger partial charge on any atom is -0.369 e. The minimum atomic E-state index is 0.697. The van der Waals surface area contributed by atoms with E-state index in [-0.39, 0.29) is 0 Å². The van der Waals surface area contributed by atoms with Crippen molar-refractivity contribution in [2.24, 2.45) is 0 Å². The van der Waals surface area contributed by atoms with Gasteiger partial charge < -0.3 is 10.2 Å². The second kappa shape index (κ2) is 6.67. The normalized spacial score (nSPS) is 19.1. The highest BCUT2D eigenvalue weighted by Gasteiger charge is 2.19. The molecule has 2 aromatic rings. The number of hydrogen-bond donors (Lipinski definition) is 1. The van der Waals surface area contributed by atoms with E-state index < -0.39 is 0 Å². The highest BCUT2D eigenvalue weighted by atomic mass is 32.2. The molecule has 0 amide bonds. The first kappa shape index (κ1) is 14.7. The van der Waals surface area contributed by atoms with E-state index in [4.69, 9.17) is 4.98 Å². The molecule has 2 heterocycles. The Balaban J connectivity index is 2.01. The van der Waals surface area contributed by atoms with Crippen molar-refractivity contribution in [3.05, 3.63) is 36.0 Å². The second-order valence-corrected chi connectivity index (χ2v) is 7.10. The van der Waals surface area contributed by atoms with Crippen LogP contribution in [0.25, 0.3) is 10.9 Å². The summed E-state index contributed by atoms with van der Waals surface area (Å²) in [7, 11) is 0. The quantitative estimate of drug-likeness (QED) is 0.938. The molecule has 1 fully saturated rings. The molecule has 1 saturated heterocycles. The van der Waals surface area contributed by atoms with E-state index in [0.29, 0.717) is 5.25 Å². The molecule has 3 nitrogen and oxygen atoms in total. The minimum absolute atomic E-state index is 0.697. The van der Waals surface area contributed by atoms with Crippen molar-refractivity contribution in [3.63, 3.8) is 0 Å². The van der Waals surface area contributed by atoms with Crippen molar-refractivity contribution in [1.29, 1.82) is 0 Å². The van der Waals surface area contributed by atoms with Crippen LogP contribution in [0.5, 0.6) is 0 Å². The van der Waals surface area contributed by atoms with Gasteiger partial charge in [-0.1, -0.05) is 32.0 Å². The largest absolute Gasteiger partial charge is 0.369 e. The standard InChI is InChI=1S/C17H23N3S/c1-3-18-11-14-10-17(20-8-9-21-13(2)12-20)15-6-4-5-7-16(15)19-14/h4-7,10,13,18H,3,8-9,11-12H2,1-2H3. The number of para-hydroxylation sites is 1. The fraction of sp³-hybridized carbons (Fsp3) is 0.471. The molecule has 0 aliphatic carbocycles. The zero-order valence-electron chi connectivity index (χ0n) is 12.8. The second-order valence-electron chi connectivity index (χ2n) is 5.56. The van der Waals surface area contributed by atoms with Gasteiger partial charge in [0.2, 0.25) is 0 Å². The van der Waals surface area contributed by atoms with Crippen molar-refractivity contribution in [3.8, 4) is 0 Å². The highest BCUT2D eigenvalue weighted by molar-refractivity contribution is 8.00. The molecule has 0 radical (unpaired) electrons. The van der Waals surface area contributed by atoms with Gasteiger partial charge in [0.25, 0.3) is 0 Å². The molecule has 1 aromatic heterocycles. The fourth-order valence-electron chi connectivity index (χ4n) is 2.85. The molecule has 0 spiro atoms. The number of thioether (sulfide) groups is 1. The highest BCUT2D eigenvalue weighted by Crippen LogP contribution is 2.30. The monoisotopic (exact) mass is 301 g/mol. The Kier molecular flexibility index (Phi) is 4.66. The van der Waals surface area contributed by atoms with Gasteiger partial charge in [-0.3, -0.25) is 4.98 Å². The number of nitrogens with zero attached hydrogens (tertiary/aromatic N) is 2. The van der Waals surface area contributed by atoms with E-state index in [1.54, 1.807) is 0 Å². The Hall–Kier alpha value is -1.26. The van der Waals surface area contributed by atoms with Crippen LogP contribution in [0.3, 0.4) is 0 Å². The van der Waals surface area contributed by atoms with E-state index in [1.165, 1.54) is 16.8 Å². The summed E-state index contributed by atoms with van der Waals surface area (Å²) in [6.07, 6.45) is 0. The molecular weight excluding hydrogens is 278 g/mol. The summed E-state index contributed by atoms with van der Waals surface area (Å²) < 4.78 is 0. The third-order valence-corrected chi connectivity index (χ3v) is 5.02. The lowest BCUT2D eigenvalue weighted by Gasteiger charge is -2.33. The molecule has 21 heavy (non-hydrogen) atoms. The van der Waals surface area contributed by atoms with E-state index >= 15 is 0 Å². The molecule has 0 bridgehead atoms. The number of anilines is 1. The van der Waals surface area contributed by atoms with Crippen LogP contribution in [0.1, 0.15) is 19.5 Å². The molecule has 4 heteroatoms. The summed E-state index contributed by atoms with van der Waals surface area (Å²) in [5, 5.41) is 5.36. The van der Waals surface area contributed by atoms with Crippen LogP contribution in [-0.2, 0) is 6.54 Å². The number of pyridine rings is 1. The van der Waals surface area contributed by atoms with Crippen LogP contribution in [0.15, 0.2) is 30.3 Å². The van der Waals surface area contributed by atoms with Crippen molar-refractivity contribution in [2.75, 3.05) is 30.3 Å². The molecule has 1 aliphatic rings. The molecular formula is C17H23N3S. The summed E-state index contributed by atoms with van der Waals surface area (Å²) in [4.78, 5) is 7.32. The SMILES string of the molecule is CCNCc1cc(N2CCSC(C)C2)c2ccccc2n1. The number of hydrogen-bond acceptors (Lipinski definition) is 4. The van der Waals surface area contributed by atoms with Crippen molar-refractivity contribution < 1.29 is 0 Å². The van der Waals surface area contributed by atoms with Gasteiger partial charge in [-0.15, -0.1) is 0 Å². The van der Waals surface area contributed by atoms with Crippen LogP contribution in [-0.4, -0.2) is 35.6 Å². The van der Waals surface area contributed by atoms with Crippen LogP contribution < -0.4 is 10.2 Å². The predicted molar refractivity (Wildman–Crippen MR) is 93.3 cm³/mol. The van der Waals surface area contributed by atoms with E-state index in [9.17, 15) is 0 Å². The Morgan fingerprint density at radius 1 is 1.38 bits per heavy atom. The summed E-state index contributed by atoms with van der Waals surface area (Å²) in [5.74, 6) is 1.21. The molecule has 1 atom stereocenters. The maximum absolute atomic E-state index is 4.79. The molecule has 3 rings (SSSR count). The maximum atomic E-state index is 4.79. The summed E-state index contributed by atoms with van der Waals surface area (Å²) in [6.45, 7) is 8.52. The number of benzene rings is 1. The van der Waals surface area contributed by atoms with E-state index in [0.717, 1.165) is 37.4 Å².